The van der Waals surface area contributed by atoms with Gasteiger partial charge in [-0.15, -0.1) is 0 Å². The molecule has 4 rings (SSSR count). The van der Waals surface area contributed by atoms with Gasteiger partial charge in [0.15, 0.2) is 24.0 Å². The molecule has 1 aliphatic heterocycles. The molecule has 0 saturated carbocycles. The van der Waals surface area contributed by atoms with Crippen LogP contribution < -0.4 is 5.32 Å². The van der Waals surface area contributed by atoms with E-state index in [4.69, 9.17) is 28.4 Å². The Kier molecular flexibility index (Phi) is 13.5. The average Bonchev–Trinajstić information content (AvgIpc) is 3.14. The molecule has 15 heteroatoms. The summed E-state index contributed by atoms with van der Waals surface area (Å²) in [6, 6.07) is 22.3. The Labute approximate surface area is 286 Å². The van der Waals surface area contributed by atoms with Gasteiger partial charge in [0.1, 0.15) is 18.8 Å². The summed E-state index contributed by atoms with van der Waals surface area (Å²) in [5, 5.41) is 6.55. The van der Waals surface area contributed by atoms with Crippen LogP contribution >= 0.6 is 0 Å². The zero-order valence-corrected chi connectivity index (χ0v) is 27.1. The zero-order valence-electron chi connectivity index (χ0n) is 27.1. The lowest BCUT2D eigenvalue weighted by Gasteiger charge is -2.43. The summed E-state index contributed by atoms with van der Waals surface area (Å²) in [7, 11) is 0. The summed E-state index contributed by atoms with van der Waals surface area (Å²) < 4.78 is 33.4. The standard InChI is InChI=1S/C35H34N4O11/c1-3-45-34(43)25(35(44)46-4-2)20-37-30-29(50-33(42)24-18-12-7-13-19-24)28(49-32(41)23-16-10-6-11-17-23)27(38-39-36)26(48-30)21-47-31(40)22-14-8-5-9-15-22/h5-20,26-30,37H,3-4,21H2,1-2H3/t26-,27-,28+,29-,30-/m1/s1. The molecular weight excluding hydrogens is 652 g/mol. The molecular formula is C35H34N4O11. The van der Waals surface area contributed by atoms with Gasteiger partial charge in [-0.1, -0.05) is 59.7 Å². The maximum absolute atomic E-state index is 13.4. The molecule has 0 spiro atoms. The van der Waals surface area contributed by atoms with Crippen LogP contribution in [0.5, 0.6) is 0 Å². The van der Waals surface area contributed by atoms with E-state index in [1.54, 1.807) is 68.4 Å². The quantitative estimate of drug-likeness (QED) is 0.0369. The van der Waals surface area contributed by atoms with E-state index in [2.05, 4.69) is 15.3 Å². The molecule has 0 amide bonds. The highest BCUT2D eigenvalue weighted by atomic mass is 16.6. The van der Waals surface area contributed by atoms with E-state index >= 15 is 0 Å². The van der Waals surface area contributed by atoms with Crippen molar-refractivity contribution in [3.05, 3.63) is 130 Å². The molecule has 1 N–H and O–H groups in total. The fourth-order valence-electron chi connectivity index (χ4n) is 4.79. The van der Waals surface area contributed by atoms with Gasteiger partial charge in [-0.2, -0.15) is 0 Å². The van der Waals surface area contributed by atoms with Crippen LogP contribution in [0.4, 0.5) is 0 Å². The van der Waals surface area contributed by atoms with Crippen molar-refractivity contribution < 1.29 is 52.4 Å². The number of rotatable bonds is 14. The maximum Gasteiger partial charge on any atom is 0.347 e. The van der Waals surface area contributed by atoms with Crippen LogP contribution in [0.2, 0.25) is 0 Å². The number of azide groups is 1. The first kappa shape index (κ1) is 36.7. The number of carbonyl (C=O) groups is 5. The van der Waals surface area contributed by atoms with E-state index < -0.39 is 72.6 Å². The first-order valence-electron chi connectivity index (χ1n) is 15.5. The van der Waals surface area contributed by atoms with Crippen molar-refractivity contribution in [3.8, 4) is 0 Å². The van der Waals surface area contributed by atoms with Crippen LogP contribution in [0.1, 0.15) is 44.9 Å². The molecule has 0 radical (unpaired) electrons. The summed E-state index contributed by atoms with van der Waals surface area (Å²) in [6.45, 7) is 2.43. The Hall–Kier alpha value is -6.18. The zero-order chi connectivity index (χ0) is 35.9. The van der Waals surface area contributed by atoms with Crippen molar-refractivity contribution >= 4 is 29.8 Å². The highest BCUT2D eigenvalue weighted by molar-refractivity contribution is 6.14. The highest BCUT2D eigenvalue weighted by Gasteiger charge is 2.51. The Morgan fingerprint density at radius 1 is 0.720 bits per heavy atom. The van der Waals surface area contributed by atoms with Gasteiger partial charge < -0.3 is 33.7 Å². The van der Waals surface area contributed by atoms with Crippen LogP contribution in [0, 0.1) is 0 Å². The fourth-order valence-corrected chi connectivity index (χ4v) is 4.79. The second kappa shape index (κ2) is 18.4. The number of benzene rings is 3. The summed E-state index contributed by atoms with van der Waals surface area (Å²) in [5.74, 6) is -4.54. The van der Waals surface area contributed by atoms with Gasteiger partial charge in [-0.3, -0.25) is 0 Å². The molecule has 260 valence electrons. The molecule has 3 aromatic carbocycles. The molecule has 15 nitrogen and oxygen atoms in total. The van der Waals surface area contributed by atoms with E-state index in [1.807, 2.05) is 0 Å². The monoisotopic (exact) mass is 686 g/mol. The van der Waals surface area contributed by atoms with Gasteiger partial charge in [0.25, 0.3) is 0 Å². The van der Waals surface area contributed by atoms with E-state index in [0.29, 0.717) is 0 Å². The minimum absolute atomic E-state index is 0.0625. The molecule has 50 heavy (non-hydrogen) atoms. The molecule has 1 saturated heterocycles. The van der Waals surface area contributed by atoms with Crippen molar-refractivity contribution in [2.45, 2.75) is 44.4 Å². The minimum Gasteiger partial charge on any atom is -0.462 e. The van der Waals surface area contributed by atoms with Gasteiger partial charge in [0, 0.05) is 11.1 Å². The van der Waals surface area contributed by atoms with E-state index in [-0.39, 0.29) is 29.9 Å². The van der Waals surface area contributed by atoms with Crippen molar-refractivity contribution in [2.24, 2.45) is 5.11 Å². The van der Waals surface area contributed by atoms with Crippen LogP contribution in [-0.2, 0) is 38.0 Å². The van der Waals surface area contributed by atoms with Crippen molar-refractivity contribution in [1.29, 1.82) is 0 Å². The number of esters is 5. The summed E-state index contributed by atoms with van der Waals surface area (Å²) in [4.78, 5) is 68.1. The number of carbonyl (C=O) groups excluding carboxylic acids is 5. The lowest BCUT2D eigenvalue weighted by atomic mass is 9.95. The predicted octanol–water partition coefficient (Wildman–Crippen LogP) is 4.30. The van der Waals surface area contributed by atoms with Crippen molar-refractivity contribution in [3.63, 3.8) is 0 Å². The summed E-state index contributed by atoms with van der Waals surface area (Å²) in [5.41, 5.74) is 9.49. The third-order valence-electron chi connectivity index (χ3n) is 7.12. The topological polar surface area (TPSA) is 202 Å². The lowest BCUT2D eigenvalue weighted by Crippen LogP contribution is -2.63. The second-order valence-electron chi connectivity index (χ2n) is 10.4. The van der Waals surface area contributed by atoms with Crippen LogP contribution in [-0.4, -0.2) is 80.2 Å². The van der Waals surface area contributed by atoms with Gasteiger partial charge in [0.05, 0.1) is 29.9 Å². The van der Waals surface area contributed by atoms with Crippen LogP contribution in [0.25, 0.3) is 10.4 Å². The Balaban J connectivity index is 1.78. The molecule has 1 heterocycles. The van der Waals surface area contributed by atoms with Crippen molar-refractivity contribution in [1.82, 2.24) is 5.32 Å². The number of hydrogen-bond acceptors (Lipinski definition) is 13. The van der Waals surface area contributed by atoms with Gasteiger partial charge in [-0.25, -0.2) is 24.0 Å². The first-order chi connectivity index (χ1) is 24.3. The Bertz CT molecular complexity index is 1690. The largest absolute Gasteiger partial charge is 0.462 e. The smallest absolute Gasteiger partial charge is 0.347 e. The first-order valence-corrected chi connectivity index (χ1v) is 15.5. The molecule has 0 aliphatic carbocycles. The van der Waals surface area contributed by atoms with Gasteiger partial charge >= 0.3 is 29.8 Å². The second-order valence-corrected chi connectivity index (χ2v) is 10.4. The molecule has 0 aromatic heterocycles. The molecule has 0 unspecified atom stereocenters. The van der Waals surface area contributed by atoms with Gasteiger partial charge in [-0.05, 0) is 55.8 Å². The summed E-state index contributed by atoms with van der Waals surface area (Å²) >= 11 is 0. The van der Waals surface area contributed by atoms with Crippen molar-refractivity contribution in [2.75, 3.05) is 19.8 Å². The van der Waals surface area contributed by atoms with E-state index in [9.17, 15) is 29.5 Å². The molecule has 1 aliphatic rings. The fraction of sp³-hybridized carbons (Fsp3) is 0.286. The minimum atomic E-state index is -1.59. The molecule has 0 bridgehead atoms. The highest BCUT2D eigenvalue weighted by Crippen LogP contribution is 2.30. The van der Waals surface area contributed by atoms with E-state index in [0.717, 1.165) is 6.20 Å². The molecule has 1 fully saturated rings. The normalized spacial score (nSPS) is 19.4. The Morgan fingerprint density at radius 3 is 1.64 bits per heavy atom. The average molecular weight is 687 g/mol. The SMILES string of the molecule is CCOC(=O)C(=CN[C@@H]1O[C@H](COC(=O)c2ccccc2)[C@@H](N=[N+]=[N-])[C@H](OC(=O)c2ccccc2)[C@H]1OC(=O)c1ccccc1)C(=O)OCC. The number of hydrogen-bond donors (Lipinski definition) is 1. The molecule has 3 aromatic rings. The third-order valence-corrected chi connectivity index (χ3v) is 7.12. The molecule has 5 atom stereocenters. The maximum atomic E-state index is 13.4. The van der Waals surface area contributed by atoms with Crippen LogP contribution in [0.15, 0.2) is 108 Å². The Morgan fingerprint density at radius 2 is 1.18 bits per heavy atom. The van der Waals surface area contributed by atoms with Gasteiger partial charge in [0.2, 0.25) is 0 Å². The lowest BCUT2D eigenvalue weighted by molar-refractivity contribution is -0.194. The van der Waals surface area contributed by atoms with E-state index in [1.165, 1.54) is 36.4 Å². The number of nitrogens with zero attached hydrogens (tertiary/aromatic N) is 3. The number of ether oxygens (including phenoxy) is 6. The van der Waals surface area contributed by atoms with Crippen LogP contribution in [0.3, 0.4) is 0 Å². The predicted molar refractivity (Wildman–Crippen MR) is 174 cm³/mol. The number of nitrogens with one attached hydrogen (secondary N) is 1. The summed E-state index contributed by atoms with van der Waals surface area (Å²) in [6.07, 6.45) is -5.05. The third kappa shape index (κ3) is 9.69.